The molecule has 0 amide bonds. The van der Waals surface area contributed by atoms with Crippen LogP contribution in [0.5, 0.6) is 5.88 Å². The maximum atomic E-state index is 12.4. The van der Waals surface area contributed by atoms with Gasteiger partial charge in [-0.3, -0.25) is 19.7 Å². The highest BCUT2D eigenvalue weighted by Gasteiger charge is 2.36. The number of carbonyl (C=O) groups excluding carboxylic acids is 1. The van der Waals surface area contributed by atoms with Crippen LogP contribution in [-0.2, 0) is 9.53 Å². The molecular formula is C15H15N3O6. The van der Waals surface area contributed by atoms with Crippen LogP contribution in [0, 0.1) is 16.0 Å². The Labute approximate surface area is 135 Å². The fraction of sp³-hybridized carbons (Fsp3) is 0.400. The van der Waals surface area contributed by atoms with Crippen molar-refractivity contribution in [1.82, 2.24) is 9.97 Å². The van der Waals surface area contributed by atoms with Crippen molar-refractivity contribution in [3.63, 3.8) is 0 Å². The predicted molar refractivity (Wildman–Crippen MR) is 82.1 cm³/mol. The Morgan fingerprint density at radius 3 is 2.79 bits per heavy atom. The summed E-state index contributed by atoms with van der Waals surface area (Å²) in [5.74, 6) is -1.27. The number of aromatic hydroxyl groups is 1. The van der Waals surface area contributed by atoms with Gasteiger partial charge < -0.3 is 14.8 Å². The summed E-state index contributed by atoms with van der Waals surface area (Å²) in [6.07, 6.45) is 7.67. The number of nitrogens with one attached hydrogen (secondary N) is 1. The van der Waals surface area contributed by atoms with Gasteiger partial charge in [0.05, 0.1) is 22.7 Å². The van der Waals surface area contributed by atoms with Crippen LogP contribution in [0.1, 0.15) is 31.5 Å². The van der Waals surface area contributed by atoms with E-state index in [0.717, 1.165) is 25.7 Å². The largest absolute Gasteiger partial charge is 0.497 e. The smallest absolute Gasteiger partial charge is 0.395 e. The van der Waals surface area contributed by atoms with Crippen LogP contribution in [0.25, 0.3) is 6.08 Å². The highest BCUT2D eigenvalue weighted by molar-refractivity contribution is 6.01. The van der Waals surface area contributed by atoms with Gasteiger partial charge in [0.1, 0.15) is 11.9 Å². The lowest BCUT2D eigenvalue weighted by Gasteiger charge is -2.33. The van der Waals surface area contributed by atoms with Crippen LogP contribution in [0.15, 0.2) is 22.7 Å². The molecule has 1 aromatic rings. The third kappa shape index (κ3) is 2.92. The second-order valence-corrected chi connectivity index (χ2v) is 5.72. The van der Waals surface area contributed by atoms with E-state index in [1.165, 1.54) is 18.4 Å². The van der Waals surface area contributed by atoms with E-state index in [-0.39, 0.29) is 23.6 Å². The second kappa shape index (κ2) is 6.26. The van der Waals surface area contributed by atoms with E-state index in [0.29, 0.717) is 5.57 Å². The number of fused-ring (bicyclic) bond motifs is 1. The van der Waals surface area contributed by atoms with Gasteiger partial charge in [0, 0.05) is 0 Å². The van der Waals surface area contributed by atoms with Crippen molar-refractivity contribution in [2.45, 2.75) is 31.8 Å². The van der Waals surface area contributed by atoms with E-state index in [4.69, 9.17) is 4.74 Å². The van der Waals surface area contributed by atoms with Crippen LogP contribution in [0.3, 0.4) is 0 Å². The Morgan fingerprint density at radius 1 is 1.33 bits per heavy atom. The third-order valence-corrected chi connectivity index (χ3v) is 4.19. The van der Waals surface area contributed by atoms with E-state index < -0.39 is 22.0 Å². The summed E-state index contributed by atoms with van der Waals surface area (Å²) < 4.78 is 5.59. The minimum atomic E-state index is -1.07. The second-order valence-electron chi connectivity index (χ2n) is 5.72. The highest BCUT2D eigenvalue weighted by atomic mass is 16.6. The zero-order chi connectivity index (χ0) is 17.3. The molecule has 1 saturated carbocycles. The van der Waals surface area contributed by atoms with Crippen molar-refractivity contribution in [2.75, 3.05) is 0 Å². The summed E-state index contributed by atoms with van der Waals surface area (Å²) in [5, 5.41) is 20.1. The summed E-state index contributed by atoms with van der Waals surface area (Å²) in [6.45, 7) is 0. The molecule has 2 N–H and O–H groups in total. The van der Waals surface area contributed by atoms with Crippen LogP contribution < -0.4 is 5.56 Å². The molecule has 0 spiro atoms. The quantitative estimate of drug-likeness (QED) is 0.631. The zero-order valence-corrected chi connectivity index (χ0v) is 12.6. The van der Waals surface area contributed by atoms with E-state index in [1.807, 2.05) is 0 Å². The maximum absolute atomic E-state index is 12.4. The number of ether oxygens (including phenoxy) is 1. The predicted octanol–water partition coefficient (Wildman–Crippen LogP) is 1.44. The Balaban J connectivity index is 1.83. The number of aromatic amines is 1. The molecule has 0 radical (unpaired) electrons. The van der Waals surface area contributed by atoms with Gasteiger partial charge in [0.15, 0.2) is 5.78 Å². The summed E-state index contributed by atoms with van der Waals surface area (Å²) >= 11 is 0. The third-order valence-electron chi connectivity index (χ3n) is 4.19. The Hall–Kier alpha value is -2.97. The summed E-state index contributed by atoms with van der Waals surface area (Å²) in [5.41, 5.74) is -1.76. The van der Waals surface area contributed by atoms with Crippen LogP contribution >= 0.6 is 0 Å². The van der Waals surface area contributed by atoms with E-state index in [9.17, 15) is 24.8 Å². The van der Waals surface area contributed by atoms with Gasteiger partial charge in [-0.1, -0.05) is 6.42 Å². The van der Waals surface area contributed by atoms with Crippen molar-refractivity contribution in [3.05, 3.63) is 44.2 Å². The van der Waals surface area contributed by atoms with Gasteiger partial charge in [-0.05, 0) is 31.4 Å². The molecule has 0 bridgehead atoms. The van der Waals surface area contributed by atoms with Crippen LogP contribution in [0.2, 0.25) is 0 Å². The number of nitro groups is 1. The average molecular weight is 333 g/mol. The fourth-order valence-corrected chi connectivity index (χ4v) is 3.00. The summed E-state index contributed by atoms with van der Waals surface area (Å²) in [4.78, 5) is 39.3. The lowest BCUT2D eigenvalue weighted by molar-refractivity contribution is -0.387. The van der Waals surface area contributed by atoms with Crippen molar-refractivity contribution in [1.29, 1.82) is 0 Å². The lowest BCUT2D eigenvalue weighted by Crippen LogP contribution is -2.36. The molecule has 0 aromatic carbocycles. The Morgan fingerprint density at radius 2 is 2.08 bits per heavy atom. The minimum absolute atomic E-state index is 0.0318. The first-order valence-corrected chi connectivity index (χ1v) is 7.53. The molecule has 9 nitrogen and oxygen atoms in total. The Kier molecular flexibility index (Phi) is 4.15. The zero-order valence-electron chi connectivity index (χ0n) is 12.6. The SMILES string of the molecule is O=C1C(/C=C/c2nc(O)c([N+](=O)[O-])c(=O)[nH]2)=COC2CCCCC12. The first-order chi connectivity index (χ1) is 11.5. The molecule has 1 fully saturated rings. The molecule has 9 heteroatoms. The number of rotatable bonds is 3. The molecule has 2 atom stereocenters. The first kappa shape index (κ1) is 15.9. The molecule has 1 aliphatic carbocycles. The van der Waals surface area contributed by atoms with Crippen molar-refractivity contribution in [3.8, 4) is 5.88 Å². The normalized spacial score (nSPS) is 23.5. The number of carbonyl (C=O) groups is 1. The minimum Gasteiger partial charge on any atom is -0.497 e. The van der Waals surface area contributed by atoms with Gasteiger partial charge in [-0.2, -0.15) is 4.98 Å². The standard InChI is InChI=1S/C15H15N3O6/c19-13-8(7-24-10-4-2-1-3-9(10)13)5-6-11-16-14(20)12(18(22)23)15(21)17-11/h5-7,9-10H,1-4H2,(H2,16,17,20,21)/b6-5+. The van der Waals surface area contributed by atoms with Gasteiger partial charge in [-0.25, -0.2) is 0 Å². The maximum Gasteiger partial charge on any atom is 0.395 e. The number of allylic oxidation sites excluding steroid dienone is 2. The topological polar surface area (TPSA) is 135 Å². The van der Waals surface area contributed by atoms with Crippen molar-refractivity contribution >= 4 is 17.5 Å². The molecule has 0 saturated heterocycles. The van der Waals surface area contributed by atoms with Gasteiger partial charge in [0.2, 0.25) is 0 Å². The monoisotopic (exact) mass is 333 g/mol. The van der Waals surface area contributed by atoms with E-state index in [2.05, 4.69) is 9.97 Å². The molecule has 2 aliphatic rings. The van der Waals surface area contributed by atoms with Crippen molar-refractivity contribution in [2.24, 2.45) is 5.92 Å². The highest BCUT2D eigenvalue weighted by Crippen LogP contribution is 2.33. The molecule has 2 heterocycles. The molecule has 3 rings (SSSR count). The molecular weight excluding hydrogens is 318 g/mol. The summed E-state index contributed by atoms with van der Waals surface area (Å²) in [7, 11) is 0. The van der Waals surface area contributed by atoms with E-state index >= 15 is 0 Å². The average Bonchev–Trinajstić information content (AvgIpc) is 2.53. The fourth-order valence-electron chi connectivity index (χ4n) is 3.00. The van der Waals surface area contributed by atoms with Gasteiger partial charge in [-0.15, -0.1) is 0 Å². The molecule has 2 unspecified atom stereocenters. The van der Waals surface area contributed by atoms with E-state index in [1.54, 1.807) is 0 Å². The lowest BCUT2D eigenvalue weighted by atomic mass is 9.80. The van der Waals surface area contributed by atoms with Gasteiger partial charge >= 0.3 is 11.2 Å². The number of nitrogens with zero attached hydrogens (tertiary/aromatic N) is 2. The number of aromatic nitrogens is 2. The first-order valence-electron chi connectivity index (χ1n) is 7.53. The molecule has 24 heavy (non-hydrogen) atoms. The van der Waals surface area contributed by atoms with Crippen LogP contribution in [0.4, 0.5) is 5.69 Å². The molecule has 126 valence electrons. The van der Waals surface area contributed by atoms with Crippen LogP contribution in [-0.4, -0.2) is 31.9 Å². The van der Waals surface area contributed by atoms with Gasteiger partial charge in [0.25, 0.3) is 5.88 Å². The Bertz CT molecular complexity index is 810. The number of hydrogen-bond acceptors (Lipinski definition) is 7. The molecule has 1 aliphatic heterocycles. The summed E-state index contributed by atoms with van der Waals surface area (Å²) in [6, 6.07) is 0. The number of hydrogen-bond donors (Lipinski definition) is 2. The molecule has 1 aromatic heterocycles. The number of ketones is 1. The van der Waals surface area contributed by atoms with Crippen molar-refractivity contribution < 1.29 is 19.6 Å². The number of H-pyrrole nitrogens is 1. The number of Topliss-reactive ketones (excluding diaryl/α,β-unsaturated/α-hetero) is 1.